The number of hydrogen-bond acceptors (Lipinski definition) is 3. The number of Topliss-reactive ketones (excluding diaryl/α,β-unsaturated/α-hetero) is 1. The van der Waals surface area contributed by atoms with Gasteiger partial charge in [0.1, 0.15) is 11.5 Å². The van der Waals surface area contributed by atoms with Crippen molar-refractivity contribution in [2.24, 2.45) is 0 Å². The SMILES string of the molecule is O=C1CCN(C(=O)CCOc2ccc(Cl)cc2)CC1. The number of rotatable bonds is 4. The van der Waals surface area contributed by atoms with Gasteiger partial charge in [-0.05, 0) is 24.3 Å². The first kappa shape index (κ1) is 13.9. The van der Waals surface area contributed by atoms with Gasteiger partial charge in [-0.2, -0.15) is 0 Å². The fourth-order valence-electron chi connectivity index (χ4n) is 1.95. The van der Waals surface area contributed by atoms with Crippen molar-refractivity contribution in [1.29, 1.82) is 0 Å². The largest absolute Gasteiger partial charge is 0.493 e. The van der Waals surface area contributed by atoms with E-state index in [0.717, 1.165) is 0 Å². The van der Waals surface area contributed by atoms with Crippen molar-refractivity contribution in [2.75, 3.05) is 19.7 Å². The molecule has 0 radical (unpaired) electrons. The minimum Gasteiger partial charge on any atom is -0.493 e. The molecule has 0 atom stereocenters. The second-order valence-corrected chi connectivity index (χ2v) is 4.91. The number of halogens is 1. The molecule has 2 rings (SSSR count). The van der Waals surface area contributed by atoms with Crippen LogP contribution < -0.4 is 4.74 Å². The van der Waals surface area contributed by atoms with E-state index in [-0.39, 0.29) is 11.7 Å². The molecule has 0 unspecified atom stereocenters. The van der Waals surface area contributed by atoms with Gasteiger partial charge in [0, 0.05) is 31.0 Å². The Balaban J connectivity index is 1.72. The maximum atomic E-state index is 11.9. The van der Waals surface area contributed by atoms with E-state index in [2.05, 4.69) is 0 Å². The first-order valence-corrected chi connectivity index (χ1v) is 6.71. The Hall–Kier alpha value is -1.55. The Morgan fingerprint density at radius 3 is 2.47 bits per heavy atom. The Kier molecular flexibility index (Phi) is 4.80. The molecule has 5 heteroatoms. The summed E-state index contributed by atoms with van der Waals surface area (Å²) < 4.78 is 5.47. The first-order valence-electron chi connectivity index (χ1n) is 6.33. The summed E-state index contributed by atoms with van der Waals surface area (Å²) in [5, 5.41) is 0.654. The average Bonchev–Trinajstić information content (AvgIpc) is 2.41. The lowest BCUT2D eigenvalue weighted by Gasteiger charge is -2.26. The summed E-state index contributed by atoms with van der Waals surface area (Å²) in [6.45, 7) is 1.42. The molecule has 1 aliphatic heterocycles. The number of ketones is 1. The molecule has 1 amide bonds. The molecule has 102 valence electrons. The number of carbonyl (C=O) groups is 2. The summed E-state index contributed by atoms with van der Waals surface area (Å²) in [4.78, 5) is 24.7. The minimum atomic E-state index is 0.0430. The monoisotopic (exact) mass is 281 g/mol. The van der Waals surface area contributed by atoms with Crippen molar-refractivity contribution in [3.05, 3.63) is 29.3 Å². The third kappa shape index (κ3) is 4.24. The Bertz CT molecular complexity index is 448. The molecule has 1 aromatic carbocycles. The van der Waals surface area contributed by atoms with Gasteiger partial charge in [-0.25, -0.2) is 0 Å². The molecule has 4 nitrogen and oxygen atoms in total. The van der Waals surface area contributed by atoms with E-state index in [1.165, 1.54) is 0 Å². The molecule has 0 spiro atoms. The fraction of sp³-hybridized carbons (Fsp3) is 0.429. The average molecular weight is 282 g/mol. The number of piperidine rings is 1. The van der Waals surface area contributed by atoms with Gasteiger partial charge in [0.2, 0.25) is 5.91 Å². The van der Waals surface area contributed by atoms with Crippen LogP contribution in [0.1, 0.15) is 19.3 Å². The van der Waals surface area contributed by atoms with Crippen LogP contribution in [-0.4, -0.2) is 36.3 Å². The van der Waals surface area contributed by atoms with Crippen LogP contribution >= 0.6 is 11.6 Å². The van der Waals surface area contributed by atoms with Gasteiger partial charge >= 0.3 is 0 Å². The zero-order chi connectivity index (χ0) is 13.7. The van der Waals surface area contributed by atoms with Crippen LogP contribution in [0.4, 0.5) is 0 Å². The topological polar surface area (TPSA) is 46.6 Å². The van der Waals surface area contributed by atoms with Crippen LogP contribution in [0, 0.1) is 0 Å². The number of amides is 1. The molecular formula is C14H16ClNO3. The van der Waals surface area contributed by atoms with E-state index >= 15 is 0 Å². The summed E-state index contributed by atoms with van der Waals surface area (Å²) in [7, 11) is 0. The Morgan fingerprint density at radius 2 is 1.84 bits per heavy atom. The van der Waals surface area contributed by atoms with Crippen LogP contribution in [-0.2, 0) is 9.59 Å². The second-order valence-electron chi connectivity index (χ2n) is 4.47. The van der Waals surface area contributed by atoms with Crippen LogP contribution in [0.2, 0.25) is 5.02 Å². The lowest BCUT2D eigenvalue weighted by Crippen LogP contribution is -2.39. The predicted octanol–water partition coefficient (Wildman–Crippen LogP) is 2.30. The molecule has 1 heterocycles. The lowest BCUT2D eigenvalue weighted by atomic mass is 10.1. The van der Waals surface area contributed by atoms with E-state index in [0.29, 0.717) is 49.7 Å². The van der Waals surface area contributed by atoms with Crippen molar-refractivity contribution in [3.8, 4) is 5.75 Å². The maximum absolute atomic E-state index is 11.9. The number of hydrogen-bond donors (Lipinski definition) is 0. The molecule has 1 saturated heterocycles. The molecule has 0 aromatic heterocycles. The first-order chi connectivity index (χ1) is 9.15. The van der Waals surface area contributed by atoms with Gasteiger partial charge in [0.15, 0.2) is 0 Å². The molecule has 0 N–H and O–H groups in total. The molecule has 1 fully saturated rings. The normalized spacial score (nSPS) is 15.4. The summed E-state index contributed by atoms with van der Waals surface area (Å²) in [5.74, 6) is 0.981. The third-order valence-electron chi connectivity index (χ3n) is 3.07. The number of ether oxygens (including phenoxy) is 1. The summed E-state index contributed by atoms with van der Waals surface area (Å²) in [6, 6.07) is 7.03. The minimum absolute atomic E-state index is 0.0430. The van der Waals surface area contributed by atoms with Crippen molar-refractivity contribution >= 4 is 23.3 Å². The van der Waals surface area contributed by atoms with Crippen molar-refractivity contribution < 1.29 is 14.3 Å². The predicted molar refractivity (Wildman–Crippen MR) is 72.4 cm³/mol. The molecule has 19 heavy (non-hydrogen) atoms. The van der Waals surface area contributed by atoms with Gasteiger partial charge in [-0.3, -0.25) is 9.59 Å². The van der Waals surface area contributed by atoms with E-state index in [9.17, 15) is 9.59 Å². The number of nitrogens with zero attached hydrogens (tertiary/aromatic N) is 1. The molecule has 1 aromatic rings. The zero-order valence-corrected chi connectivity index (χ0v) is 11.4. The lowest BCUT2D eigenvalue weighted by molar-refractivity contribution is -0.134. The zero-order valence-electron chi connectivity index (χ0n) is 10.6. The van der Waals surface area contributed by atoms with Gasteiger partial charge in [0.25, 0.3) is 0 Å². The number of likely N-dealkylation sites (tertiary alicyclic amines) is 1. The second kappa shape index (κ2) is 6.57. The fourth-order valence-corrected chi connectivity index (χ4v) is 2.08. The standard InChI is InChI=1S/C14H16ClNO3/c15-11-1-3-13(4-2-11)19-10-7-14(18)16-8-5-12(17)6-9-16/h1-4H,5-10H2. The number of benzene rings is 1. The van der Waals surface area contributed by atoms with E-state index in [4.69, 9.17) is 16.3 Å². The summed E-state index contributed by atoms with van der Waals surface area (Å²) in [5.41, 5.74) is 0. The van der Waals surface area contributed by atoms with Crippen LogP contribution in [0.5, 0.6) is 5.75 Å². The van der Waals surface area contributed by atoms with E-state index < -0.39 is 0 Å². The Morgan fingerprint density at radius 1 is 1.21 bits per heavy atom. The van der Waals surface area contributed by atoms with Crippen molar-refractivity contribution in [2.45, 2.75) is 19.3 Å². The highest BCUT2D eigenvalue weighted by molar-refractivity contribution is 6.30. The van der Waals surface area contributed by atoms with E-state index in [1.54, 1.807) is 29.2 Å². The summed E-state index contributed by atoms with van der Waals surface area (Å²) in [6.07, 6.45) is 1.28. The number of carbonyl (C=O) groups excluding carboxylic acids is 2. The smallest absolute Gasteiger partial charge is 0.226 e. The molecule has 0 saturated carbocycles. The van der Waals surface area contributed by atoms with Crippen LogP contribution in [0.15, 0.2) is 24.3 Å². The summed E-state index contributed by atoms with van der Waals surface area (Å²) >= 11 is 5.77. The molecule has 0 bridgehead atoms. The van der Waals surface area contributed by atoms with Gasteiger partial charge in [-0.1, -0.05) is 11.6 Å². The van der Waals surface area contributed by atoms with Gasteiger partial charge < -0.3 is 9.64 Å². The highest BCUT2D eigenvalue weighted by Gasteiger charge is 2.20. The van der Waals surface area contributed by atoms with Crippen molar-refractivity contribution in [1.82, 2.24) is 4.90 Å². The Labute approximate surface area is 117 Å². The molecular weight excluding hydrogens is 266 g/mol. The highest BCUT2D eigenvalue weighted by atomic mass is 35.5. The van der Waals surface area contributed by atoms with Crippen LogP contribution in [0.3, 0.4) is 0 Å². The van der Waals surface area contributed by atoms with E-state index in [1.807, 2.05) is 0 Å². The molecule has 1 aliphatic rings. The van der Waals surface area contributed by atoms with Gasteiger partial charge in [0.05, 0.1) is 13.0 Å². The van der Waals surface area contributed by atoms with Crippen LogP contribution in [0.25, 0.3) is 0 Å². The quantitative estimate of drug-likeness (QED) is 0.851. The van der Waals surface area contributed by atoms with Crippen molar-refractivity contribution in [3.63, 3.8) is 0 Å². The maximum Gasteiger partial charge on any atom is 0.226 e. The van der Waals surface area contributed by atoms with Gasteiger partial charge in [-0.15, -0.1) is 0 Å². The molecule has 0 aliphatic carbocycles. The highest BCUT2D eigenvalue weighted by Crippen LogP contribution is 2.16. The third-order valence-corrected chi connectivity index (χ3v) is 3.32.